The average molecular weight is 211 g/mol. The van der Waals surface area contributed by atoms with Crippen molar-refractivity contribution in [2.75, 3.05) is 6.61 Å². The first-order chi connectivity index (χ1) is 7.09. The number of H-pyrrole nitrogens is 1. The number of hydrogen-bond donors (Lipinski definition) is 2. The molecule has 3 N–H and O–H groups in total. The van der Waals surface area contributed by atoms with E-state index in [2.05, 4.69) is 9.97 Å². The fourth-order valence-corrected chi connectivity index (χ4v) is 1.07. The van der Waals surface area contributed by atoms with E-state index >= 15 is 0 Å². The van der Waals surface area contributed by atoms with Crippen molar-refractivity contribution in [2.45, 2.75) is 26.3 Å². The first kappa shape index (κ1) is 11.7. The largest absolute Gasteiger partial charge is 0.464 e. The summed E-state index contributed by atoms with van der Waals surface area (Å²) >= 11 is 0. The second-order valence-corrected chi connectivity index (χ2v) is 3.91. The molecule has 0 radical (unpaired) electrons. The molecule has 1 rings (SSSR count). The van der Waals surface area contributed by atoms with Gasteiger partial charge in [-0.15, -0.1) is 0 Å². The first-order valence-corrected chi connectivity index (χ1v) is 4.99. The molecule has 5 heteroatoms. The molecule has 15 heavy (non-hydrogen) atoms. The SMILES string of the molecule is CC(C)COC(=O)[C@@H](N)Cc1cnc[nH]1. The number of nitrogens with one attached hydrogen (secondary N) is 1. The Morgan fingerprint density at radius 1 is 1.67 bits per heavy atom. The zero-order chi connectivity index (χ0) is 11.3. The van der Waals surface area contributed by atoms with Gasteiger partial charge in [-0.1, -0.05) is 13.8 Å². The highest BCUT2D eigenvalue weighted by Crippen LogP contribution is 2.00. The third-order valence-electron chi connectivity index (χ3n) is 1.86. The van der Waals surface area contributed by atoms with Crippen LogP contribution in [0.25, 0.3) is 0 Å². The molecule has 0 unspecified atom stereocenters. The Morgan fingerprint density at radius 2 is 2.40 bits per heavy atom. The molecular weight excluding hydrogens is 194 g/mol. The van der Waals surface area contributed by atoms with Gasteiger partial charge in [0, 0.05) is 18.3 Å². The van der Waals surface area contributed by atoms with Crippen molar-refractivity contribution in [3.63, 3.8) is 0 Å². The van der Waals surface area contributed by atoms with Gasteiger partial charge >= 0.3 is 5.97 Å². The number of nitrogens with zero attached hydrogens (tertiary/aromatic N) is 1. The maximum Gasteiger partial charge on any atom is 0.323 e. The van der Waals surface area contributed by atoms with Crippen molar-refractivity contribution >= 4 is 5.97 Å². The number of esters is 1. The van der Waals surface area contributed by atoms with Crippen LogP contribution >= 0.6 is 0 Å². The van der Waals surface area contributed by atoms with Gasteiger partial charge < -0.3 is 15.5 Å². The molecule has 84 valence electrons. The molecule has 1 aromatic heterocycles. The van der Waals surface area contributed by atoms with E-state index in [9.17, 15) is 4.79 Å². The van der Waals surface area contributed by atoms with Crippen LogP contribution in [0.3, 0.4) is 0 Å². The van der Waals surface area contributed by atoms with Gasteiger partial charge in [0.15, 0.2) is 0 Å². The van der Waals surface area contributed by atoms with Crippen LogP contribution in [0, 0.1) is 5.92 Å². The van der Waals surface area contributed by atoms with Gasteiger partial charge in [0.05, 0.1) is 12.9 Å². The molecule has 0 aliphatic carbocycles. The summed E-state index contributed by atoms with van der Waals surface area (Å²) in [6.07, 6.45) is 3.63. The molecule has 0 bridgehead atoms. The van der Waals surface area contributed by atoms with Crippen molar-refractivity contribution in [3.05, 3.63) is 18.2 Å². The van der Waals surface area contributed by atoms with Gasteiger partial charge in [-0.05, 0) is 5.92 Å². The van der Waals surface area contributed by atoms with E-state index in [1.54, 1.807) is 12.5 Å². The number of imidazole rings is 1. The normalized spacial score (nSPS) is 12.8. The Balaban J connectivity index is 2.33. The molecule has 0 aliphatic heterocycles. The lowest BCUT2D eigenvalue weighted by Gasteiger charge is -2.11. The molecule has 0 aromatic carbocycles. The maximum absolute atomic E-state index is 11.4. The molecular formula is C10H17N3O2. The summed E-state index contributed by atoms with van der Waals surface area (Å²) in [4.78, 5) is 18.1. The van der Waals surface area contributed by atoms with Crippen molar-refractivity contribution < 1.29 is 9.53 Å². The molecule has 0 aliphatic rings. The highest BCUT2D eigenvalue weighted by Gasteiger charge is 2.16. The highest BCUT2D eigenvalue weighted by molar-refractivity contribution is 5.75. The summed E-state index contributed by atoms with van der Waals surface area (Å²) in [5.74, 6) is -0.0356. The van der Waals surface area contributed by atoms with Gasteiger partial charge in [-0.25, -0.2) is 4.98 Å². The molecule has 5 nitrogen and oxygen atoms in total. The summed E-state index contributed by atoms with van der Waals surface area (Å²) in [6.45, 7) is 4.37. The summed E-state index contributed by atoms with van der Waals surface area (Å²) in [7, 11) is 0. The molecule has 1 heterocycles. The predicted octanol–water partition coefficient (Wildman–Crippen LogP) is 0.479. The lowest BCUT2D eigenvalue weighted by Crippen LogP contribution is -2.35. The van der Waals surface area contributed by atoms with Crippen molar-refractivity contribution in [1.82, 2.24) is 9.97 Å². The monoisotopic (exact) mass is 211 g/mol. The Kier molecular flexibility index (Phi) is 4.30. The van der Waals surface area contributed by atoms with Crippen LogP contribution < -0.4 is 5.73 Å². The molecule has 0 spiro atoms. The second kappa shape index (κ2) is 5.50. The van der Waals surface area contributed by atoms with Gasteiger partial charge in [0.1, 0.15) is 6.04 Å². The van der Waals surface area contributed by atoms with E-state index in [0.717, 1.165) is 5.69 Å². The number of hydrogen-bond acceptors (Lipinski definition) is 4. The highest BCUT2D eigenvalue weighted by atomic mass is 16.5. The van der Waals surface area contributed by atoms with Crippen LogP contribution in [0.2, 0.25) is 0 Å². The topological polar surface area (TPSA) is 81.0 Å². The summed E-state index contributed by atoms with van der Waals surface area (Å²) in [6, 6.07) is -0.621. The summed E-state index contributed by atoms with van der Waals surface area (Å²) in [5, 5.41) is 0. The fourth-order valence-electron chi connectivity index (χ4n) is 1.07. The number of rotatable bonds is 5. The second-order valence-electron chi connectivity index (χ2n) is 3.91. The third kappa shape index (κ3) is 4.12. The number of nitrogens with two attached hydrogens (primary N) is 1. The third-order valence-corrected chi connectivity index (χ3v) is 1.86. The van der Waals surface area contributed by atoms with Gasteiger partial charge in [0.25, 0.3) is 0 Å². The first-order valence-electron chi connectivity index (χ1n) is 4.99. The molecule has 0 fully saturated rings. The Morgan fingerprint density at radius 3 is 2.93 bits per heavy atom. The van der Waals surface area contributed by atoms with E-state index < -0.39 is 6.04 Å². The van der Waals surface area contributed by atoms with Crippen molar-refractivity contribution in [1.29, 1.82) is 0 Å². The van der Waals surface area contributed by atoms with Crippen LogP contribution in [0.15, 0.2) is 12.5 Å². The van der Waals surface area contributed by atoms with E-state index in [4.69, 9.17) is 10.5 Å². The van der Waals surface area contributed by atoms with Crippen molar-refractivity contribution in [2.24, 2.45) is 11.7 Å². The minimum atomic E-state index is -0.621. The zero-order valence-corrected chi connectivity index (χ0v) is 9.06. The number of aromatic nitrogens is 2. The number of aromatic amines is 1. The maximum atomic E-state index is 11.4. The van der Waals surface area contributed by atoms with Crippen LogP contribution in [0.1, 0.15) is 19.5 Å². The minimum absolute atomic E-state index is 0.327. The number of ether oxygens (including phenoxy) is 1. The standard InChI is InChI=1S/C10H17N3O2/c1-7(2)5-15-10(14)9(11)3-8-4-12-6-13-8/h4,6-7,9H,3,5,11H2,1-2H3,(H,12,13)/t9-/m0/s1. The van der Waals surface area contributed by atoms with Crippen molar-refractivity contribution in [3.8, 4) is 0 Å². The van der Waals surface area contributed by atoms with Crippen LogP contribution in [-0.4, -0.2) is 28.6 Å². The average Bonchev–Trinajstić information content (AvgIpc) is 2.66. The quantitative estimate of drug-likeness (QED) is 0.694. The molecule has 1 aromatic rings. The molecule has 0 saturated carbocycles. The van der Waals surface area contributed by atoms with Gasteiger partial charge in [-0.2, -0.15) is 0 Å². The van der Waals surface area contributed by atoms with Crippen LogP contribution in [0.5, 0.6) is 0 Å². The lowest BCUT2D eigenvalue weighted by molar-refractivity contribution is -0.146. The van der Waals surface area contributed by atoms with E-state index in [1.807, 2.05) is 13.8 Å². The minimum Gasteiger partial charge on any atom is -0.464 e. The Labute approximate surface area is 89.0 Å². The van der Waals surface area contributed by atoms with E-state index in [1.165, 1.54) is 0 Å². The number of carbonyl (C=O) groups is 1. The summed E-state index contributed by atoms with van der Waals surface area (Å²) in [5.41, 5.74) is 6.51. The lowest BCUT2D eigenvalue weighted by atomic mass is 10.2. The molecule has 0 amide bonds. The number of carbonyl (C=O) groups excluding carboxylic acids is 1. The van der Waals surface area contributed by atoms with E-state index in [-0.39, 0.29) is 5.97 Å². The van der Waals surface area contributed by atoms with Crippen LogP contribution in [0.4, 0.5) is 0 Å². The Bertz CT molecular complexity index is 296. The summed E-state index contributed by atoms with van der Waals surface area (Å²) < 4.78 is 5.02. The van der Waals surface area contributed by atoms with Crippen LogP contribution in [-0.2, 0) is 16.0 Å². The fraction of sp³-hybridized carbons (Fsp3) is 0.600. The zero-order valence-electron chi connectivity index (χ0n) is 9.06. The van der Waals surface area contributed by atoms with Gasteiger partial charge in [-0.3, -0.25) is 4.79 Å². The smallest absolute Gasteiger partial charge is 0.323 e. The van der Waals surface area contributed by atoms with E-state index in [0.29, 0.717) is 18.9 Å². The predicted molar refractivity (Wildman–Crippen MR) is 56.1 cm³/mol. The molecule has 1 atom stereocenters. The van der Waals surface area contributed by atoms with Gasteiger partial charge in [0.2, 0.25) is 0 Å². The molecule has 0 saturated heterocycles. The Hall–Kier alpha value is -1.36.